The molecule has 1 aromatic heterocycles. The highest BCUT2D eigenvalue weighted by molar-refractivity contribution is 5.48. The molecule has 0 aromatic carbocycles. The maximum Gasteiger partial charge on any atom is 0.139 e. The minimum Gasteiger partial charge on any atom is -0.489 e. The van der Waals surface area contributed by atoms with Crippen LogP contribution < -0.4 is 15.4 Å². The van der Waals surface area contributed by atoms with Crippen molar-refractivity contribution in [2.75, 3.05) is 38.3 Å². The monoisotopic (exact) mass is 251 g/mol. The zero-order valence-corrected chi connectivity index (χ0v) is 10.8. The summed E-state index contributed by atoms with van der Waals surface area (Å²) in [4.78, 5) is 6.48. The van der Waals surface area contributed by atoms with E-state index in [0.717, 1.165) is 37.4 Å². The Bertz CT molecular complexity index is 373. The van der Waals surface area contributed by atoms with Crippen molar-refractivity contribution < 1.29 is 9.47 Å². The van der Waals surface area contributed by atoms with Crippen molar-refractivity contribution in [1.82, 2.24) is 4.98 Å². The first-order valence-electron chi connectivity index (χ1n) is 6.37. The van der Waals surface area contributed by atoms with Crippen LogP contribution in [0, 0.1) is 0 Å². The van der Waals surface area contributed by atoms with Gasteiger partial charge in [0.1, 0.15) is 12.4 Å². The molecule has 2 N–H and O–H groups in total. The third kappa shape index (κ3) is 3.58. The van der Waals surface area contributed by atoms with Crippen LogP contribution >= 0.6 is 0 Å². The predicted octanol–water partition coefficient (Wildman–Crippen LogP) is 1.03. The number of ether oxygens (including phenoxy) is 2. The summed E-state index contributed by atoms with van der Waals surface area (Å²) in [5.41, 5.74) is 7.07. The fourth-order valence-electron chi connectivity index (χ4n) is 2.15. The van der Waals surface area contributed by atoms with Crippen molar-refractivity contribution in [3.05, 3.63) is 18.5 Å². The molecular formula is C13H21N3O2. The number of aromatic nitrogens is 1. The van der Waals surface area contributed by atoms with Crippen LogP contribution in [0.15, 0.2) is 18.5 Å². The molecule has 2 rings (SSSR count). The van der Waals surface area contributed by atoms with E-state index in [4.69, 9.17) is 15.2 Å². The normalized spacial score (nSPS) is 19.9. The van der Waals surface area contributed by atoms with Gasteiger partial charge in [0.25, 0.3) is 0 Å². The number of nitrogens with zero attached hydrogens (tertiary/aromatic N) is 2. The highest BCUT2D eigenvalue weighted by Gasteiger charge is 2.17. The van der Waals surface area contributed by atoms with Crippen LogP contribution in [0.4, 0.5) is 5.69 Å². The molecule has 18 heavy (non-hydrogen) atoms. The van der Waals surface area contributed by atoms with Crippen molar-refractivity contribution in [1.29, 1.82) is 0 Å². The molecule has 1 aliphatic rings. The molecule has 1 aromatic rings. The Morgan fingerprint density at radius 2 is 2.33 bits per heavy atom. The Kier molecular flexibility index (Phi) is 4.78. The topological polar surface area (TPSA) is 60.6 Å². The molecule has 0 amide bonds. The first-order valence-corrected chi connectivity index (χ1v) is 6.37. The number of hydrogen-bond acceptors (Lipinski definition) is 5. The molecule has 0 bridgehead atoms. The molecule has 0 saturated carbocycles. The van der Waals surface area contributed by atoms with E-state index in [-0.39, 0.29) is 6.04 Å². The smallest absolute Gasteiger partial charge is 0.139 e. The van der Waals surface area contributed by atoms with Crippen LogP contribution in [0.2, 0.25) is 0 Å². The molecule has 5 nitrogen and oxygen atoms in total. The summed E-state index contributed by atoms with van der Waals surface area (Å²) in [6.45, 7) is 3.06. The number of piperidine rings is 1. The van der Waals surface area contributed by atoms with Gasteiger partial charge in [-0.15, -0.1) is 0 Å². The third-order valence-corrected chi connectivity index (χ3v) is 3.08. The standard InChI is InChI=1S/C13H21N3O2/c1-17-5-6-18-13-7-12(8-15-9-13)16-4-2-3-11(14)10-16/h7-9,11H,2-6,10,14H2,1H3. The van der Waals surface area contributed by atoms with Gasteiger partial charge in [0.2, 0.25) is 0 Å². The number of nitrogens with two attached hydrogens (primary N) is 1. The van der Waals surface area contributed by atoms with Gasteiger partial charge in [-0.3, -0.25) is 4.98 Å². The Morgan fingerprint density at radius 3 is 3.11 bits per heavy atom. The molecule has 0 spiro atoms. The molecule has 1 aliphatic heterocycles. The van der Waals surface area contributed by atoms with Crippen LogP contribution in [-0.2, 0) is 4.74 Å². The maximum absolute atomic E-state index is 5.99. The first-order chi connectivity index (χ1) is 8.79. The van der Waals surface area contributed by atoms with E-state index >= 15 is 0 Å². The summed E-state index contributed by atoms with van der Waals surface area (Å²) < 4.78 is 10.5. The highest BCUT2D eigenvalue weighted by Crippen LogP contribution is 2.22. The van der Waals surface area contributed by atoms with E-state index in [1.54, 1.807) is 13.3 Å². The zero-order valence-electron chi connectivity index (χ0n) is 10.8. The van der Waals surface area contributed by atoms with E-state index in [0.29, 0.717) is 13.2 Å². The summed E-state index contributed by atoms with van der Waals surface area (Å²) in [5, 5.41) is 0. The maximum atomic E-state index is 5.99. The van der Waals surface area contributed by atoms with E-state index in [1.807, 2.05) is 12.3 Å². The Hall–Kier alpha value is -1.33. The lowest BCUT2D eigenvalue weighted by Gasteiger charge is -2.32. The van der Waals surface area contributed by atoms with Crippen molar-refractivity contribution in [3.8, 4) is 5.75 Å². The van der Waals surface area contributed by atoms with Gasteiger partial charge >= 0.3 is 0 Å². The fourth-order valence-corrected chi connectivity index (χ4v) is 2.15. The largest absolute Gasteiger partial charge is 0.489 e. The van der Waals surface area contributed by atoms with Crippen LogP contribution in [-0.4, -0.2) is 44.4 Å². The number of anilines is 1. The molecule has 2 heterocycles. The summed E-state index contributed by atoms with van der Waals surface area (Å²) >= 11 is 0. The van der Waals surface area contributed by atoms with E-state index in [2.05, 4.69) is 9.88 Å². The fraction of sp³-hybridized carbons (Fsp3) is 0.615. The van der Waals surface area contributed by atoms with Crippen LogP contribution in [0.1, 0.15) is 12.8 Å². The highest BCUT2D eigenvalue weighted by atomic mass is 16.5. The Labute approximate surface area is 108 Å². The molecule has 1 fully saturated rings. The van der Waals surface area contributed by atoms with E-state index in [9.17, 15) is 0 Å². The van der Waals surface area contributed by atoms with Crippen LogP contribution in [0.25, 0.3) is 0 Å². The van der Waals surface area contributed by atoms with Crippen LogP contribution in [0.5, 0.6) is 5.75 Å². The molecule has 1 unspecified atom stereocenters. The van der Waals surface area contributed by atoms with Gasteiger partial charge in [0.05, 0.1) is 24.7 Å². The molecule has 1 atom stereocenters. The van der Waals surface area contributed by atoms with Gasteiger partial charge in [-0.2, -0.15) is 0 Å². The van der Waals surface area contributed by atoms with E-state index in [1.165, 1.54) is 0 Å². The lowest BCUT2D eigenvalue weighted by atomic mass is 10.1. The quantitative estimate of drug-likeness (QED) is 0.792. The summed E-state index contributed by atoms with van der Waals surface area (Å²) in [7, 11) is 1.66. The Balaban J connectivity index is 1.97. The molecule has 1 saturated heterocycles. The van der Waals surface area contributed by atoms with Crippen molar-refractivity contribution in [2.45, 2.75) is 18.9 Å². The first kappa shape index (κ1) is 13.1. The molecule has 0 aliphatic carbocycles. The minimum absolute atomic E-state index is 0.261. The number of hydrogen-bond donors (Lipinski definition) is 1. The SMILES string of the molecule is COCCOc1cncc(N2CCCC(N)C2)c1. The second-order valence-electron chi connectivity index (χ2n) is 4.57. The molecular weight excluding hydrogens is 230 g/mol. The third-order valence-electron chi connectivity index (χ3n) is 3.08. The van der Waals surface area contributed by atoms with Crippen LogP contribution in [0.3, 0.4) is 0 Å². The van der Waals surface area contributed by atoms with Gasteiger partial charge in [-0.1, -0.05) is 0 Å². The van der Waals surface area contributed by atoms with Crippen molar-refractivity contribution in [2.24, 2.45) is 5.73 Å². The summed E-state index contributed by atoms with van der Waals surface area (Å²) in [5.74, 6) is 0.781. The lowest BCUT2D eigenvalue weighted by Crippen LogP contribution is -2.42. The van der Waals surface area contributed by atoms with Crippen molar-refractivity contribution >= 4 is 5.69 Å². The average Bonchev–Trinajstić information content (AvgIpc) is 2.39. The Morgan fingerprint density at radius 1 is 1.44 bits per heavy atom. The van der Waals surface area contributed by atoms with Crippen molar-refractivity contribution in [3.63, 3.8) is 0 Å². The van der Waals surface area contributed by atoms with Gasteiger partial charge in [-0.25, -0.2) is 0 Å². The van der Waals surface area contributed by atoms with Gasteiger partial charge < -0.3 is 20.1 Å². The number of rotatable bonds is 5. The summed E-state index contributed by atoms with van der Waals surface area (Å²) in [6.07, 6.45) is 5.83. The minimum atomic E-state index is 0.261. The van der Waals surface area contributed by atoms with E-state index < -0.39 is 0 Å². The predicted molar refractivity (Wildman–Crippen MR) is 71.0 cm³/mol. The van der Waals surface area contributed by atoms with Gasteiger partial charge in [0.15, 0.2) is 0 Å². The number of pyridine rings is 1. The second-order valence-corrected chi connectivity index (χ2v) is 4.57. The zero-order chi connectivity index (χ0) is 12.8. The molecule has 5 heteroatoms. The van der Waals surface area contributed by atoms with Gasteiger partial charge in [-0.05, 0) is 12.8 Å². The second kappa shape index (κ2) is 6.56. The lowest BCUT2D eigenvalue weighted by molar-refractivity contribution is 0.146. The number of methoxy groups -OCH3 is 1. The summed E-state index contributed by atoms with van der Waals surface area (Å²) in [6, 6.07) is 2.28. The van der Waals surface area contributed by atoms with Gasteiger partial charge in [0, 0.05) is 32.3 Å². The molecule has 0 radical (unpaired) electrons. The average molecular weight is 251 g/mol. The molecule has 100 valence electrons.